The average Bonchev–Trinajstić information content (AvgIpc) is 2.54. The van der Waals surface area contributed by atoms with Crippen LogP contribution in [0.25, 0.3) is 10.9 Å². The second kappa shape index (κ2) is 3.35. The van der Waals surface area contributed by atoms with Gasteiger partial charge < -0.3 is 5.11 Å². The molecule has 0 aliphatic rings. The first-order valence-electron chi connectivity index (χ1n) is 5.09. The third-order valence-electron chi connectivity index (χ3n) is 2.78. The second-order valence-corrected chi connectivity index (χ2v) is 4.53. The number of aliphatic hydroxyl groups is 1. The van der Waals surface area contributed by atoms with Gasteiger partial charge in [-0.15, -0.1) is 0 Å². The van der Waals surface area contributed by atoms with Gasteiger partial charge in [0.25, 0.3) is 0 Å². The van der Waals surface area contributed by atoms with Gasteiger partial charge in [-0.25, -0.2) is 0 Å². The molecule has 0 bridgehead atoms. The number of hydrogen-bond acceptors (Lipinski definition) is 2. The SMILES string of the molecule is Cn1nc2ccccc2c1C(C)(C)CO. The lowest BCUT2D eigenvalue weighted by molar-refractivity contribution is 0.212. The average molecular weight is 204 g/mol. The van der Waals surface area contributed by atoms with E-state index in [0.29, 0.717) is 0 Å². The summed E-state index contributed by atoms with van der Waals surface area (Å²) in [6.45, 7) is 4.17. The molecule has 15 heavy (non-hydrogen) atoms. The van der Waals surface area contributed by atoms with E-state index in [1.807, 2.05) is 43.8 Å². The van der Waals surface area contributed by atoms with Crippen LogP contribution in [0.5, 0.6) is 0 Å². The van der Waals surface area contributed by atoms with E-state index >= 15 is 0 Å². The van der Waals surface area contributed by atoms with E-state index in [0.717, 1.165) is 16.6 Å². The highest BCUT2D eigenvalue weighted by atomic mass is 16.3. The molecule has 0 spiro atoms. The lowest BCUT2D eigenvalue weighted by Crippen LogP contribution is -2.25. The lowest BCUT2D eigenvalue weighted by atomic mass is 9.88. The highest BCUT2D eigenvalue weighted by Gasteiger charge is 2.25. The maximum atomic E-state index is 9.41. The maximum absolute atomic E-state index is 9.41. The molecule has 1 heterocycles. The fourth-order valence-corrected chi connectivity index (χ4v) is 2.02. The highest BCUT2D eigenvalue weighted by Crippen LogP contribution is 2.29. The molecule has 0 fully saturated rings. The van der Waals surface area contributed by atoms with E-state index in [4.69, 9.17) is 0 Å². The Morgan fingerprint density at radius 3 is 2.67 bits per heavy atom. The van der Waals surface area contributed by atoms with Crippen molar-refractivity contribution in [1.29, 1.82) is 0 Å². The molecular formula is C12H16N2O. The third kappa shape index (κ3) is 1.53. The first kappa shape index (κ1) is 10.2. The molecule has 0 aliphatic heterocycles. The van der Waals surface area contributed by atoms with E-state index < -0.39 is 0 Å². The number of hydrogen-bond donors (Lipinski definition) is 1. The fourth-order valence-electron chi connectivity index (χ4n) is 2.02. The Labute approximate surface area is 89.3 Å². The molecule has 2 aromatic rings. The Hall–Kier alpha value is -1.35. The van der Waals surface area contributed by atoms with Gasteiger partial charge in [-0.2, -0.15) is 5.10 Å². The van der Waals surface area contributed by atoms with Crippen molar-refractivity contribution >= 4 is 10.9 Å². The smallest absolute Gasteiger partial charge is 0.0926 e. The van der Waals surface area contributed by atoms with Crippen LogP contribution >= 0.6 is 0 Å². The molecule has 0 aliphatic carbocycles. The zero-order valence-corrected chi connectivity index (χ0v) is 9.36. The molecule has 0 radical (unpaired) electrons. The molecule has 0 saturated carbocycles. The molecule has 0 amide bonds. The third-order valence-corrected chi connectivity index (χ3v) is 2.78. The lowest BCUT2D eigenvalue weighted by Gasteiger charge is -2.22. The number of benzene rings is 1. The number of nitrogens with zero attached hydrogens (tertiary/aromatic N) is 2. The maximum Gasteiger partial charge on any atom is 0.0926 e. The summed E-state index contributed by atoms with van der Waals surface area (Å²) < 4.78 is 1.86. The van der Waals surface area contributed by atoms with Gasteiger partial charge >= 0.3 is 0 Å². The Bertz CT molecular complexity index is 485. The van der Waals surface area contributed by atoms with Gasteiger partial charge in [0.1, 0.15) is 0 Å². The van der Waals surface area contributed by atoms with E-state index in [-0.39, 0.29) is 12.0 Å². The Morgan fingerprint density at radius 1 is 1.33 bits per heavy atom. The van der Waals surface area contributed by atoms with Gasteiger partial charge in [0.15, 0.2) is 0 Å². The number of aliphatic hydroxyl groups excluding tert-OH is 1. The summed E-state index contributed by atoms with van der Waals surface area (Å²) in [5.74, 6) is 0. The first-order valence-corrected chi connectivity index (χ1v) is 5.09. The largest absolute Gasteiger partial charge is 0.395 e. The fraction of sp³-hybridized carbons (Fsp3) is 0.417. The normalized spacial score (nSPS) is 12.3. The van der Waals surface area contributed by atoms with Crippen LogP contribution in [0.2, 0.25) is 0 Å². The van der Waals surface area contributed by atoms with Crippen molar-refractivity contribution in [2.24, 2.45) is 7.05 Å². The summed E-state index contributed by atoms with van der Waals surface area (Å²) in [6.07, 6.45) is 0. The molecule has 1 N–H and O–H groups in total. The predicted octanol–water partition coefficient (Wildman–Crippen LogP) is 1.84. The van der Waals surface area contributed by atoms with Crippen LogP contribution in [0.4, 0.5) is 0 Å². The Balaban J connectivity index is 2.74. The topological polar surface area (TPSA) is 38.0 Å². The van der Waals surface area contributed by atoms with Gasteiger partial charge in [0.2, 0.25) is 0 Å². The summed E-state index contributed by atoms with van der Waals surface area (Å²) in [5.41, 5.74) is 1.81. The minimum absolute atomic E-state index is 0.122. The van der Waals surface area contributed by atoms with Crippen molar-refractivity contribution in [1.82, 2.24) is 9.78 Å². The molecule has 3 heteroatoms. The van der Waals surface area contributed by atoms with E-state index in [1.165, 1.54) is 0 Å². The quantitative estimate of drug-likeness (QED) is 0.810. The van der Waals surface area contributed by atoms with Crippen molar-refractivity contribution in [2.75, 3.05) is 6.61 Å². The van der Waals surface area contributed by atoms with Crippen LogP contribution < -0.4 is 0 Å². The standard InChI is InChI=1S/C12H16N2O/c1-12(2,8-15)11-9-6-4-5-7-10(9)13-14(11)3/h4-7,15H,8H2,1-3H3. The molecule has 80 valence electrons. The van der Waals surface area contributed by atoms with Crippen LogP contribution in [0.15, 0.2) is 24.3 Å². The molecule has 0 unspecified atom stereocenters. The Morgan fingerprint density at radius 2 is 2.00 bits per heavy atom. The Kier molecular flexibility index (Phi) is 2.27. The summed E-state index contributed by atoms with van der Waals surface area (Å²) >= 11 is 0. The van der Waals surface area contributed by atoms with Crippen LogP contribution in [-0.2, 0) is 12.5 Å². The van der Waals surface area contributed by atoms with Gasteiger partial charge in [-0.3, -0.25) is 4.68 Å². The van der Waals surface area contributed by atoms with E-state index in [9.17, 15) is 5.11 Å². The van der Waals surface area contributed by atoms with Gasteiger partial charge in [-0.1, -0.05) is 32.0 Å². The molecule has 1 aromatic carbocycles. The van der Waals surface area contributed by atoms with Crippen LogP contribution in [0.1, 0.15) is 19.5 Å². The molecule has 0 atom stereocenters. The molecule has 3 nitrogen and oxygen atoms in total. The van der Waals surface area contributed by atoms with Crippen LogP contribution in [0, 0.1) is 0 Å². The minimum Gasteiger partial charge on any atom is -0.395 e. The molecule has 1 aromatic heterocycles. The zero-order chi connectivity index (χ0) is 11.1. The first-order chi connectivity index (χ1) is 7.06. The monoisotopic (exact) mass is 204 g/mol. The van der Waals surface area contributed by atoms with Crippen molar-refractivity contribution in [3.05, 3.63) is 30.0 Å². The van der Waals surface area contributed by atoms with E-state index in [1.54, 1.807) is 0 Å². The minimum atomic E-state index is -0.259. The number of aromatic nitrogens is 2. The second-order valence-electron chi connectivity index (χ2n) is 4.53. The van der Waals surface area contributed by atoms with Crippen LogP contribution in [0.3, 0.4) is 0 Å². The van der Waals surface area contributed by atoms with Gasteiger partial charge in [0.05, 0.1) is 17.8 Å². The number of aryl methyl sites for hydroxylation is 1. The van der Waals surface area contributed by atoms with E-state index in [2.05, 4.69) is 11.2 Å². The zero-order valence-electron chi connectivity index (χ0n) is 9.36. The van der Waals surface area contributed by atoms with Crippen molar-refractivity contribution < 1.29 is 5.11 Å². The molecular weight excluding hydrogens is 188 g/mol. The predicted molar refractivity (Wildman–Crippen MR) is 60.8 cm³/mol. The summed E-state index contributed by atoms with van der Waals surface area (Å²) in [5, 5.41) is 15.0. The highest BCUT2D eigenvalue weighted by molar-refractivity contribution is 5.82. The number of rotatable bonds is 2. The molecule has 0 saturated heterocycles. The van der Waals surface area contributed by atoms with Crippen molar-refractivity contribution in [3.8, 4) is 0 Å². The van der Waals surface area contributed by atoms with Gasteiger partial charge in [0, 0.05) is 17.8 Å². The van der Waals surface area contributed by atoms with Crippen molar-refractivity contribution in [3.63, 3.8) is 0 Å². The summed E-state index contributed by atoms with van der Waals surface area (Å²) in [4.78, 5) is 0. The van der Waals surface area contributed by atoms with Crippen molar-refractivity contribution in [2.45, 2.75) is 19.3 Å². The summed E-state index contributed by atoms with van der Waals surface area (Å²) in [6, 6.07) is 8.02. The number of fused-ring (bicyclic) bond motifs is 1. The van der Waals surface area contributed by atoms with Gasteiger partial charge in [-0.05, 0) is 6.07 Å². The van der Waals surface area contributed by atoms with Crippen LogP contribution in [-0.4, -0.2) is 21.5 Å². The summed E-state index contributed by atoms with van der Waals surface area (Å²) in [7, 11) is 1.92. The molecule has 2 rings (SSSR count).